The van der Waals surface area contributed by atoms with Crippen LogP contribution in [0.4, 0.5) is 0 Å². The Bertz CT molecular complexity index is 715. The summed E-state index contributed by atoms with van der Waals surface area (Å²) in [6, 6.07) is 13.5. The van der Waals surface area contributed by atoms with Crippen LogP contribution in [0.5, 0.6) is 0 Å². The Labute approximate surface area is 153 Å². The fourth-order valence-corrected chi connectivity index (χ4v) is 2.79. The smallest absolute Gasteiger partial charge is 0.313 e. The third-order valence-corrected chi connectivity index (χ3v) is 4.40. The van der Waals surface area contributed by atoms with Gasteiger partial charge in [-0.25, -0.2) is 0 Å². The van der Waals surface area contributed by atoms with Gasteiger partial charge < -0.3 is 4.74 Å². The number of benzene rings is 2. The van der Waals surface area contributed by atoms with E-state index >= 15 is 0 Å². The molecule has 0 amide bonds. The molecule has 0 aliphatic rings. The number of hydrogen-bond acceptors (Lipinski definition) is 2. The molecule has 2 aromatic rings. The Morgan fingerprint density at radius 1 is 1.00 bits per heavy atom. The summed E-state index contributed by atoms with van der Waals surface area (Å²) in [7, 11) is 0. The molecule has 1 atom stereocenters. The average molecular weight is 365 g/mol. The van der Waals surface area contributed by atoms with E-state index in [1.165, 1.54) is 0 Å². The zero-order valence-electron chi connectivity index (χ0n) is 14.4. The van der Waals surface area contributed by atoms with E-state index in [9.17, 15) is 4.79 Å². The van der Waals surface area contributed by atoms with E-state index in [1.54, 1.807) is 6.07 Å². The fraction of sp³-hybridized carbons (Fsp3) is 0.350. The second-order valence-electron chi connectivity index (χ2n) is 6.75. The van der Waals surface area contributed by atoms with Gasteiger partial charge in [0.15, 0.2) is 0 Å². The van der Waals surface area contributed by atoms with E-state index in [4.69, 9.17) is 27.9 Å². The predicted molar refractivity (Wildman–Crippen MR) is 101 cm³/mol. The van der Waals surface area contributed by atoms with Crippen molar-refractivity contribution in [3.05, 3.63) is 58.1 Å². The first kappa shape index (κ1) is 18.8. The molecule has 0 N–H and O–H groups in total. The Morgan fingerprint density at radius 2 is 1.58 bits per heavy atom. The zero-order chi connectivity index (χ0) is 17.9. The molecule has 0 heterocycles. The van der Waals surface area contributed by atoms with Crippen LogP contribution in [0.25, 0.3) is 11.1 Å². The normalized spacial score (nSPS) is 12.8. The van der Waals surface area contributed by atoms with Crippen LogP contribution in [0, 0.1) is 0 Å². The minimum absolute atomic E-state index is 0.188. The second kappa shape index (κ2) is 7.58. The van der Waals surface area contributed by atoms with Gasteiger partial charge in [-0.3, -0.25) is 4.79 Å². The third-order valence-electron chi connectivity index (χ3n) is 3.67. The van der Waals surface area contributed by atoms with Gasteiger partial charge in [-0.05, 0) is 56.0 Å². The molecule has 2 nitrogen and oxygen atoms in total. The number of hydrogen-bond donors (Lipinski definition) is 0. The number of rotatable bonds is 4. The van der Waals surface area contributed by atoms with E-state index < -0.39 is 5.60 Å². The fourth-order valence-electron chi connectivity index (χ4n) is 2.49. The lowest BCUT2D eigenvalue weighted by atomic mass is 9.94. The van der Waals surface area contributed by atoms with E-state index in [2.05, 4.69) is 0 Å². The topological polar surface area (TPSA) is 26.3 Å². The SMILES string of the molecule is CC[C@@H](C(=O)OC(C)(C)C)c1ccc(-c2ccc(Cl)c(Cl)c2)cc1. The molecule has 0 radical (unpaired) electrons. The van der Waals surface area contributed by atoms with Crippen molar-refractivity contribution < 1.29 is 9.53 Å². The van der Waals surface area contributed by atoms with Crippen molar-refractivity contribution in [2.75, 3.05) is 0 Å². The van der Waals surface area contributed by atoms with Gasteiger partial charge in [-0.15, -0.1) is 0 Å². The minimum atomic E-state index is -0.482. The third kappa shape index (κ3) is 4.75. The van der Waals surface area contributed by atoms with Crippen molar-refractivity contribution in [1.29, 1.82) is 0 Å². The number of esters is 1. The maximum Gasteiger partial charge on any atom is 0.313 e. The molecule has 0 spiro atoms. The van der Waals surface area contributed by atoms with Crippen molar-refractivity contribution in [1.82, 2.24) is 0 Å². The number of carbonyl (C=O) groups is 1. The summed E-state index contributed by atoms with van der Waals surface area (Å²) in [5.41, 5.74) is 2.48. The molecule has 2 rings (SSSR count). The van der Waals surface area contributed by atoms with Crippen LogP contribution in [-0.2, 0) is 9.53 Å². The lowest BCUT2D eigenvalue weighted by molar-refractivity contribution is -0.156. The average Bonchev–Trinajstić information content (AvgIpc) is 2.50. The summed E-state index contributed by atoms with van der Waals surface area (Å²) in [5.74, 6) is -0.445. The standard InChI is InChI=1S/C20H22Cl2O2/c1-5-16(19(23)24-20(2,3)4)14-8-6-13(7-9-14)15-10-11-17(21)18(22)12-15/h6-12,16H,5H2,1-4H3/t16-/m1/s1. The number of ether oxygens (including phenoxy) is 1. The molecule has 0 saturated carbocycles. The van der Waals surface area contributed by atoms with Crippen LogP contribution >= 0.6 is 23.2 Å². The largest absolute Gasteiger partial charge is 0.459 e. The monoisotopic (exact) mass is 364 g/mol. The van der Waals surface area contributed by atoms with Gasteiger partial charge in [-0.2, -0.15) is 0 Å². The highest BCUT2D eigenvalue weighted by molar-refractivity contribution is 6.42. The Kier molecular flexibility index (Phi) is 5.95. The van der Waals surface area contributed by atoms with Gasteiger partial charge in [0, 0.05) is 0 Å². The predicted octanol–water partition coefficient (Wildman–Crippen LogP) is 6.50. The molecule has 0 aromatic heterocycles. The van der Waals surface area contributed by atoms with Crippen LogP contribution in [0.3, 0.4) is 0 Å². The van der Waals surface area contributed by atoms with Gasteiger partial charge in [0.25, 0.3) is 0 Å². The minimum Gasteiger partial charge on any atom is -0.459 e. The summed E-state index contributed by atoms with van der Waals surface area (Å²) in [4.78, 5) is 12.4. The number of halogens is 2. The highest BCUT2D eigenvalue weighted by Gasteiger charge is 2.25. The van der Waals surface area contributed by atoms with Crippen LogP contribution in [0.2, 0.25) is 10.0 Å². The van der Waals surface area contributed by atoms with Crippen LogP contribution in [-0.4, -0.2) is 11.6 Å². The van der Waals surface area contributed by atoms with Crippen LogP contribution in [0.1, 0.15) is 45.6 Å². The molecule has 0 fully saturated rings. The first-order valence-corrected chi connectivity index (χ1v) is 8.75. The van der Waals surface area contributed by atoms with Gasteiger partial charge in [0.2, 0.25) is 0 Å². The second-order valence-corrected chi connectivity index (χ2v) is 7.56. The first-order chi connectivity index (χ1) is 11.2. The van der Waals surface area contributed by atoms with E-state index in [-0.39, 0.29) is 11.9 Å². The van der Waals surface area contributed by atoms with Gasteiger partial charge in [0.05, 0.1) is 16.0 Å². The molecule has 0 saturated heterocycles. The number of carbonyl (C=O) groups excluding carboxylic acids is 1. The van der Waals surface area contributed by atoms with E-state index in [1.807, 2.05) is 64.1 Å². The highest BCUT2D eigenvalue weighted by Crippen LogP contribution is 2.30. The molecule has 2 aromatic carbocycles. The van der Waals surface area contributed by atoms with Crippen molar-refractivity contribution >= 4 is 29.2 Å². The van der Waals surface area contributed by atoms with Gasteiger partial charge >= 0.3 is 5.97 Å². The Hall–Kier alpha value is -1.51. The van der Waals surface area contributed by atoms with E-state index in [0.717, 1.165) is 16.7 Å². The summed E-state index contributed by atoms with van der Waals surface area (Å²) in [6.07, 6.45) is 0.695. The molecular weight excluding hydrogens is 343 g/mol. The molecular formula is C20H22Cl2O2. The van der Waals surface area contributed by atoms with Gasteiger partial charge in [0.1, 0.15) is 5.60 Å². The molecule has 0 aliphatic heterocycles. The van der Waals surface area contributed by atoms with Gasteiger partial charge in [-0.1, -0.05) is 60.5 Å². The quantitative estimate of drug-likeness (QED) is 0.579. The molecule has 0 unspecified atom stereocenters. The Morgan fingerprint density at radius 3 is 2.08 bits per heavy atom. The maximum atomic E-state index is 12.4. The zero-order valence-corrected chi connectivity index (χ0v) is 15.9. The van der Waals surface area contributed by atoms with Crippen molar-refractivity contribution in [3.63, 3.8) is 0 Å². The molecule has 24 heavy (non-hydrogen) atoms. The molecule has 0 aliphatic carbocycles. The summed E-state index contributed by atoms with van der Waals surface area (Å²) >= 11 is 12.0. The summed E-state index contributed by atoms with van der Waals surface area (Å²) in [6.45, 7) is 7.63. The van der Waals surface area contributed by atoms with Crippen molar-refractivity contribution in [2.45, 2.75) is 45.6 Å². The van der Waals surface area contributed by atoms with E-state index in [0.29, 0.717) is 16.5 Å². The Balaban J connectivity index is 2.23. The lowest BCUT2D eigenvalue weighted by Gasteiger charge is -2.23. The highest BCUT2D eigenvalue weighted by atomic mass is 35.5. The van der Waals surface area contributed by atoms with Crippen molar-refractivity contribution in [2.24, 2.45) is 0 Å². The first-order valence-electron chi connectivity index (χ1n) is 7.99. The maximum absolute atomic E-state index is 12.4. The molecule has 128 valence electrons. The molecule has 0 bridgehead atoms. The lowest BCUT2D eigenvalue weighted by Crippen LogP contribution is -2.27. The molecule has 4 heteroatoms. The van der Waals surface area contributed by atoms with Crippen LogP contribution < -0.4 is 0 Å². The van der Waals surface area contributed by atoms with Crippen LogP contribution in [0.15, 0.2) is 42.5 Å². The van der Waals surface area contributed by atoms with Crippen molar-refractivity contribution in [3.8, 4) is 11.1 Å². The summed E-state index contributed by atoms with van der Waals surface area (Å²) < 4.78 is 5.52. The summed E-state index contributed by atoms with van der Waals surface area (Å²) in [5, 5.41) is 1.06.